The average Bonchev–Trinajstić information content (AvgIpc) is 2.40. The van der Waals surface area contributed by atoms with Crippen molar-refractivity contribution in [2.45, 2.75) is 18.6 Å². The summed E-state index contributed by atoms with van der Waals surface area (Å²) < 4.78 is 7.98. The van der Waals surface area contributed by atoms with Crippen LogP contribution in [0.3, 0.4) is 0 Å². The van der Waals surface area contributed by atoms with Crippen molar-refractivity contribution >= 4 is 31.9 Å². The van der Waals surface area contributed by atoms with Crippen LogP contribution < -0.4 is 10.5 Å². The van der Waals surface area contributed by atoms with Gasteiger partial charge in [0.15, 0.2) is 0 Å². The molecule has 1 aliphatic heterocycles. The lowest BCUT2D eigenvalue weighted by atomic mass is 9.96. The molecule has 5 heteroatoms. The molecule has 98 valence electrons. The molecule has 1 aliphatic rings. The first kappa shape index (κ1) is 13.1. The van der Waals surface area contributed by atoms with E-state index in [9.17, 15) is 0 Å². The van der Waals surface area contributed by atoms with Gasteiger partial charge in [0.05, 0.1) is 5.69 Å². The normalized spacial score (nSPS) is 21.6. The Morgan fingerprint density at radius 3 is 2.68 bits per heavy atom. The first-order valence-corrected chi connectivity index (χ1v) is 7.55. The largest absolute Gasteiger partial charge is 0.484 e. The van der Waals surface area contributed by atoms with Gasteiger partial charge in [0.25, 0.3) is 0 Å². The van der Waals surface area contributed by atoms with E-state index in [4.69, 9.17) is 10.5 Å². The van der Waals surface area contributed by atoms with E-state index >= 15 is 0 Å². The molecule has 0 fully saturated rings. The molecule has 1 aromatic heterocycles. The Labute approximate surface area is 128 Å². The second kappa shape index (κ2) is 5.23. The highest BCUT2D eigenvalue weighted by Crippen LogP contribution is 2.40. The third-order valence-electron chi connectivity index (χ3n) is 3.19. The highest BCUT2D eigenvalue weighted by Gasteiger charge is 2.27. The molecular weight excluding hydrogens is 372 g/mol. The summed E-state index contributed by atoms with van der Waals surface area (Å²) in [6.45, 7) is 0. The molecule has 2 atom stereocenters. The molecule has 19 heavy (non-hydrogen) atoms. The van der Waals surface area contributed by atoms with Gasteiger partial charge >= 0.3 is 0 Å². The van der Waals surface area contributed by atoms with E-state index in [0.29, 0.717) is 0 Å². The Hall–Kier alpha value is -0.910. The fraction of sp³-hybridized carbons (Fsp3) is 0.214. The zero-order chi connectivity index (χ0) is 13.4. The topological polar surface area (TPSA) is 48.1 Å². The van der Waals surface area contributed by atoms with Crippen molar-refractivity contribution in [2.24, 2.45) is 5.73 Å². The molecule has 0 amide bonds. The van der Waals surface area contributed by atoms with E-state index in [0.717, 1.165) is 32.4 Å². The minimum absolute atomic E-state index is 0.0308. The lowest BCUT2D eigenvalue weighted by molar-refractivity contribution is 0.157. The highest BCUT2D eigenvalue weighted by molar-refractivity contribution is 9.10. The van der Waals surface area contributed by atoms with Gasteiger partial charge in [0.2, 0.25) is 0 Å². The summed E-state index contributed by atoms with van der Waals surface area (Å²) in [6, 6.07) is 9.83. The Morgan fingerprint density at radius 1 is 1.16 bits per heavy atom. The van der Waals surface area contributed by atoms with Crippen LogP contribution >= 0.6 is 31.9 Å². The number of benzene rings is 1. The number of halogens is 2. The van der Waals surface area contributed by atoms with Crippen LogP contribution in [0.25, 0.3) is 0 Å². The van der Waals surface area contributed by atoms with Crippen molar-refractivity contribution in [3.05, 3.63) is 56.7 Å². The molecule has 0 saturated heterocycles. The van der Waals surface area contributed by atoms with E-state index in [2.05, 4.69) is 36.8 Å². The number of pyridine rings is 1. The highest BCUT2D eigenvalue weighted by atomic mass is 79.9. The molecule has 2 N–H and O–H groups in total. The third-order valence-corrected chi connectivity index (χ3v) is 4.15. The van der Waals surface area contributed by atoms with Crippen LogP contribution in [-0.2, 0) is 0 Å². The van der Waals surface area contributed by atoms with E-state index in [-0.39, 0.29) is 12.1 Å². The molecule has 3 rings (SSSR count). The SMILES string of the molecule is N[C@H]1CC(c2ccc(Br)cn2)Oc2ccc(Br)cc21. The fourth-order valence-corrected chi connectivity index (χ4v) is 2.85. The fourth-order valence-electron chi connectivity index (χ4n) is 2.23. The lowest BCUT2D eigenvalue weighted by Gasteiger charge is -2.30. The van der Waals surface area contributed by atoms with Crippen molar-refractivity contribution in [3.63, 3.8) is 0 Å². The molecular formula is C14H12Br2N2O. The van der Waals surface area contributed by atoms with Crippen molar-refractivity contribution in [2.75, 3.05) is 0 Å². The number of nitrogens with zero attached hydrogens (tertiary/aromatic N) is 1. The van der Waals surface area contributed by atoms with Gasteiger partial charge in [-0.25, -0.2) is 0 Å². The zero-order valence-electron chi connectivity index (χ0n) is 10.0. The maximum absolute atomic E-state index is 6.24. The lowest BCUT2D eigenvalue weighted by Crippen LogP contribution is -2.24. The average molecular weight is 384 g/mol. The summed E-state index contributed by atoms with van der Waals surface area (Å²) in [6.07, 6.45) is 2.43. The quantitative estimate of drug-likeness (QED) is 0.805. The first-order valence-electron chi connectivity index (χ1n) is 5.96. The predicted octanol–water partition coefficient (Wildman–Crippen LogP) is 4.13. The molecule has 0 spiro atoms. The Morgan fingerprint density at radius 2 is 1.95 bits per heavy atom. The van der Waals surface area contributed by atoms with Crippen LogP contribution in [0.15, 0.2) is 45.5 Å². The van der Waals surface area contributed by atoms with Gasteiger partial charge in [-0.05, 0) is 46.3 Å². The number of rotatable bonds is 1. The molecule has 1 aromatic carbocycles. The van der Waals surface area contributed by atoms with Gasteiger partial charge < -0.3 is 10.5 Å². The van der Waals surface area contributed by atoms with Gasteiger partial charge in [-0.3, -0.25) is 4.98 Å². The van der Waals surface area contributed by atoms with Crippen LogP contribution in [0.1, 0.15) is 29.8 Å². The Balaban J connectivity index is 1.92. The Kier molecular flexibility index (Phi) is 3.60. The van der Waals surface area contributed by atoms with E-state index in [1.807, 2.05) is 30.3 Å². The number of hydrogen-bond donors (Lipinski definition) is 1. The van der Waals surface area contributed by atoms with E-state index in [1.165, 1.54) is 0 Å². The van der Waals surface area contributed by atoms with Crippen LogP contribution in [0, 0.1) is 0 Å². The number of aromatic nitrogens is 1. The van der Waals surface area contributed by atoms with Crippen LogP contribution in [-0.4, -0.2) is 4.98 Å². The summed E-state index contributed by atoms with van der Waals surface area (Å²) in [5.41, 5.74) is 8.19. The molecule has 0 radical (unpaired) electrons. The summed E-state index contributed by atoms with van der Waals surface area (Å²) in [4.78, 5) is 4.39. The number of ether oxygens (including phenoxy) is 1. The first-order chi connectivity index (χ1) is 9.13. The van der Waals surface area contributed by atoms with Gasteiger partial charge in [-0.2, -0.15) is 0 Å². The summed E-state index contributed by atoms with van der Waals surface area (Å²) >= 11 is 6.84. The van der Waals surface area contributed by atoms with Gasteiger partial charge in [0, 0.05) is 33.2 Å². The molecule has 2 heterocycles. The van der Waals surface area contributed by atoms with Crippen LogP contribution in [0.2, 0.25) is 0 Å². The van der Waals surface area contributed by atoms with Crippen LogP contribution in [0.4, 0.5) is 0 Å². The molecule has 0 saturated carbocycles. The standard InChI is InChI=1S/C14H12Br2N2O/c15-8-2-4-13-10(5-8)11(17)6-14(19-13)12-3-1-9(16)7-18-12/h1-5,7,11,14H,6,17H2/t11-,14?/m0/s1. The monoisotopic (exact) mass is 382 g/mol. The van der Waals surface area contributed by atoms with Crippen LogP contribution in [0.5, 0.6) is 5.75 Å². The zero-order valence-corrected chi connectivity index (χ0v) is 13.2. The molecule has 0 aliphatic carbocycles. The molecule has 1 unspecified atom stereocenters. The number of nitrogens with two attached hydrogens (primary N) is 1. The van der Waals surface area contributed by atoms with Crippen molar-refractivity contribution in [1.29, 1.82) is 0 Å². The smallest absolute Gasteiger partial charge is 0.142 e. The molecule has 0 bridgehead atoms. The minimum Gasteiger partial charge on any atom is -0.484 e. The summed E-state index contributed by atoms with van der Waals surface area (Å²) in [7, 11) is 0. The van der Waals surface area contributed by atoms with Crippen molar-refractivity contribution < 1.29 is 4.74 Å². The van der Waals surface area contributed by atoms with Gasteiger partial charge in [-0.15, -0.1) is 0 Å². The summed E-state index contributed by atoms with van der Waals surface area (Å²) in [5.74, 6) is 0.844. The second-order valence-electron chi connectivity index (χ2n) is 4.53. The van der Waals surface area contributed by atoms with E-state index in [1.54, 1.807) is 6.20 Å². The minimum atomic E-state index is -0.0863. The summed E-state index contributed by atoms with van der Waals surface area (Å²) in [5, 5.41) is 0. The molecule has 3 nitrogen and oxygen atoms in total. The van der Waals surface area contributed by atoms with Crippen molar-refractivity contribution in [1.82, 2.24) is 4.98 Å². The molecule has 2 aromatic rings. The maximum atomic E-state index is 6.24. The van der Waals surface area contributed by atoms with Gasteiger partial charge in [0.1, 0.15) is 11.9 Å². The third kappa shape index (κ3) is 2.68. The number of fused-ring (bicyclic) bond motifs is 1. The predicted molar refractivity (Wildman–Crippen MR) is 81.0 cm³/mol. The van der Waals surface area contributed by atoms with Crippen molar-refractivity contribution in [3.8, 4) is 5.75 Å². The number of hydrogen-bond acceptors (Lipinski definition) is 3. The Bertz CT molecular complexity index is 601. The second-order valence-corrected chi connectivity index (χ2v) is 6.36. The maximum Gasteiger partial charge on any atom is 0.142 e. The van der Waals surface area contributed by atoms with Gasteiger partial charge in [-0.1, -0.05) is 15.9 Å². The van der Waals surface area contributed by atoms with E-state index < -0.39 is 0 Å².